The number of halogens is 1. The van der Waals surface area contributed by atoms with E-state index in [1.54, 1.807) is 30.3 Å². The molecule has 2 aromatic carbocycles. The molecule has 5 heteroatoms. The minimum atomic E-state index is -0.560. The minimum absolute atomic E-state index is 0.00199. The molecule has 0 aliphatic heterocycles. The molecule has 0 aliphatic rings. The van der Waals surface area contributed by atoms with Crippen molar-refractivity contribution in [3.8, 4) is 11.3 Å². The molecule has 24 heavy (non-hydrogen) atoms. The van der Waals surface area contributed by atoms with Gasteiger partial charge in [-0.05, 0) is 55.0 Å². The zero-order valence-corrected chi connectivity index (χ0v) is 13.0. The lowest BCUT2D eigenvalue weighted by Gasteiger charge is -2.09. The highest BCUT2D eigenvalue weighted by Crippen LogP contribution is 2.28. The van der Waals surface area contributed by atoms with E-state index in [4.69, 9.17) is 9.52 Å². The van der Waals surface area contributed by atoms with Crippen molar-refractivity contribution in [3.05, 3.63) is 77.3 Å². The van der Waals surface area contributed by atoms with Gasteiger partial charge in [-0.3, -0.25) is 4.79 Å². The van der Waals surface area contributed by atoms with E-state index >= 15 is 0 Å². The van der Waals surface area contributed by atoms with Crippen LogP contribution in [0.3, 0.4) is 0 Å². The molecule has 1 amide bonds. The first kappa shape index (κ1) is 16.0. The number of hydrogen-bond acceptors (Lipinski definition) is 3. The summed E-state index contributed by atoms with van der Waals surface area (Å²) in [5.41, 5.74) is 2.31. The standard InChI is InChI=1S/C19H16FNO3/c1-12-10-13(21-19(23)16-4-2-3-5-17(16)20)6-8-15(12)18-9-7-14(11-22)24-18/h2-10,22H,11H2,1H3,(H,21,23). The maximum absolute atomic E-state index is 13.6. The molecule has 0 fully saturated rings. The van der Waals surface area contributed by atoms with E-state index in [9.17, 15) is 9.18 Å². The molecule has 122 valence electrons. The van der Waals surface area contributed by atoms with Crippen LogP contribution >= 0.6 is 0 Å². The first-order valence-corrected chi connectivity index (χ1v) is 7.45. The van der Waals surface area contributed by atoms with Gasteiger partial charge in [0.25, 0.3) is 5.91 Å². The number of aliphatic hydroxyl groups excluding tert-OH is 1. The fraction of sp³-hybridized carbons (Fsp3) is 0.105. The van der Waals surface area contributed by atoms with Crippen LogP contribution in [0.15, 0.2) is 59.0 Å². The fourth-order valence-electron chi connectivity index (χ4n) is 2.47. The fourth-order valence-corrected chi connectivity index (χ4v) is 2.47. The number of carbonyl (C=O) groups excluding carboxylic acids is 1. The maximum Gasteiger partial charge on any atom is 0.258 e. The Labute approximate surface area is 138 Å². The molecule has 3 aromatic rings. The van der Waals surface area contributed by atoms with Gasteiger partial charge in [0.1, 0.15) is 23.9 Å². The molecule has 3 rings (SSSR count). The molecule has 0 spiro atoms. The maximum atomic E-state index is 13.6. The summed E-state index contributed by atoms with van der Waals surface area (Å²) in [6.45, 7) is 1.73. The molecule has 2 N–H and O–H groups in total. The third-order valence-electron chi connectivity index (χ3n) is 3.69. The molecule has 0 saturated heterocycles. The van der Waals surface area contributed by atoms with E-state index in [0.717, 1.165) is 11.1 Å². The van der Waals surface area contributed by atoms with Crippen molar-refractivity contribution in [1.82, 2.24) is 0 Å². The van der Waals surface area contributed by atoms with Crippen LogP contribution in [0.25, 0.3) is 11.3 Å². The Morgan fingerprint density at radius 2 is 1.96 bits per heavy atom. The van der Waals surface area contributed by atoms with E-state index in [0.29, 0.717) is 17.2 Å². The van der Waals surface area contributed by atoms with Gasteiger partial charge in [0.2, 0.25) is 0 Å². The van der Waals surface area contributed by atoms with Crippen molar-refractivity contribution in [1.29, 1.82) is 0 Å². The van der Waals surface area contributed by atoms with Crippen LogP contribution in [0, 0.1) is 12.7 Å². The van der Waals surface area contributed by atoms with Crippen LogP contribution in [0.4, 0.5) is 10.1 Å². The van der Waals surface area contributed by atoms with Gasteiger partial charge in [0.05, 0.1) is 5.56 Å². The Kier molecular flexibility index (Phi) is 4.44. The van der Waals surface area contributed by atoms with Gasteiger partial charge in [0, 0.05) is 11.3 Å². The zero-order valence-electron chi connectivity index (χ0n) is 13.0. The topological polar surface area (TPSA) is 62.5 Å². The number of amides is 1. The van der Waals surface area contributed by atoms with Crippen LogP contribution < -0.4 is 5.32 Å². The summed E-state index contributed by atoms with van der Waals surface area (Å²) < 4.78 is 19.2. The van der Waals surface area contributed by atoms with E-state index < -0.39 is 11.7 Å². The predicted molar refractivity (Wildman–Crippen MR) is 89.2 cm³/mol. The molecule has 0 saturated carbocycles. The first-order valence-electron chi connectivity index (χ1n) is 7.45. The number of aryl methyl sites for hydroxylation is 1. The third-order valence-corrected chi connectivity index (χ3v) is 3.69. The molecule has 0 unspecified atom stereocenters. The van der Waals surface area contributed by atoms with Crippen LogP contribution in [-0.4, -0.2) is 11.0 Å². The van der Waals surface area contributed by atoms with Gasteiger partial charge in [0.15, 0.2) is 0 Å². The Bertz CT molecular complexity index is 886. The highest BCUT2D eigenvalue weighted by Gasteiger charge is 2.12. The molecular weight excluding hydrogens is 309 g/mol. The van der Waals surface area contributed by atoms with E-state index in [1.165, 1.54) is 18.2 Å². The lowest BCUT2D eigenvalue weighted by atomic mass is 10.1. The molecule has 0 bridgehead atoms. The van der Waals surface area contributed by atoms with Crippen molar-refractivity contribution in [2.75, 3.05) is 5.32 Å². The van der Waals surface area contributed by atoms with Crippen molar-refractivity contribution in [3.63, 3.8) is 0 Å². The Morgan fingerprint density at radius 3 is 2.62 bits per heavy atom. The quantitative estimate of drug-likeness (QED) is 0.758. The van der Waals surface area contributed by atoms with Crippen LogP contribution in [0.5, 0.6) is 0 Å². The average molecular weight is 325 g/mol. The molecular formula is C19H16FNO3. The largest absolute Gasteiger partial charge is 0.459 e. The monoisotopic (exact) mass is 325 g/mol. The summed E-state index contributed by atoms with van der Waals surface area (Å²) in [4.78, 5) is 12.1. The van der Waals surface area contributed by atoms with Crippen molar-refractivity contribution in [2.24, 2.45) is 0 Å². The van der Waals surface area contributed by atoms with Gasteiger partial charge in [-0.2, -0.15) is 0 Å². The number of hydrogen-bond donors (Lipinski definition) is 2. The van der Waals surface area contributed by atoms with E-state index in [-0.39, 0.29) is 12.2 Å². The third kappa shape index (κ3) is 3.21. The second-order valence-corrected chi connectivity index (χ2v) is 5.39. The van der Waals surface area contributed by atoms with Crippen molar-refractivity contribution in [2.45, 2.75) is 13.5 Å². The van der Waals surface area contributed by atoms with Gasteiger partial charge in [-0.15, -0.1) is 0 Å². The lowest BCUT2D eigenvalue weighted by molar-refractivity contribution is 0.102. The summed E-state index contributed by atoms with van der Waals surface area (Å²) in [7, 11) is 0. The Balaban J connectivity index is 1.82. The van der Waals surface area contributed by atoms with Crippen LogP contribution in [0.1, 0.15) is 21.7 Å². The zero-order chi connectivity index (χ0) is 17.1. The molecule has 0 radical (unpaired) electrons. The minimum Gasteiger partial charge on any atom is -0.459 e. The van der Waals surface area contributed by atoms with Gasteiger partial charge in [-0.25, -0.2) is 4.39 Å². The number of rotatable bonds is 4. The molecule has 1 aromatic heterocycles. The SMILES string of the molecule is Cc1cc(NC(=O)c2ccccc2F)ccc1-c1ccc(CO)o1. The summed E-state index contributed by atoms with van der Waals surface area (Å²) in [5, 5.41) is 11.8. The summed E-state index contributed by atoms with van der Waals surface area (Å²) >= 11 is 0. The van der Waals surface area contributed by atoms with Crippen molar-refractivity contribution < 1.29 is 18.7 Å². The summed E-state index contributed by atoms with van der Waals surface area (Å²) in [6.07, 6.45) is 0. The highest BCUT2D eigenvalue weighted by atomic mass is 19.1. The van der Waals surface area contributed by atoms with Crippen LogP contribution in [-0.2, 0) is 6.61 Å². The van der Waals surface area contributed by atoms with Gasteiger partial charge < -0.3 is 14.8 Å². The van der Waals surface area contributed by atoms with Gasteiger partial charge in [-0.1, -0.05) is 12.1 Å². The number of aliphatic hydroxyl groups is 1. The van der Waals surface area contributed by atoms with E-state index in [1.807, 2.05) is 13.0 Å². The number of furan rings is 1. The number of benzene rings is 2. The average Bonchev–Trinajstić information content (AvgIpc) is 3.04. The normalized spacial score (nSPS) is 10.6. The number of nitrogens with one attached hydrogen (secondary N) is 1. The Hall–Kier alpha value is -2.92. The second kappa shape index (κ2) is 6.68. The molecule has 4 nitrogen and oxygen atoms in total. The van der Waals surface area contributed by atoms with Crippen LogP contribution in [0.2, 0.25) is 0 Å². The molecule has 0 aliphatic carbocycles. The number of anilines is 1. The highest BCUT2D eigenvalue weighted by molar-refractivity contribution is 6.04. The lowest BCUT2D eigenvalue weighted by Crippen LogP contribution is -2.13. The predicted octanol–water partition coefficient (Wildman–Crippen LogP) is 4.14. The second-order valence-electron chi connectivity index (χ2n) is 5.39. The number of carbonyl (C=O) groups is 1. The Morgan fingerprint density at radius 1 is 1.17 bits per heavy atom. The van der Waals surface area contributed by atoms with Gasteiger partial charge >= 0.3 is 0 Å². The summed E-state index contributed by atoms with van der Waals surface area (Å²) in [6, 6.07) is 14.7. The van der Waals surface area contributed by atoms with E-state index in [2.05, 4.69) is 5.32 Å². The molecule has 1 heterocycles. The summed E-state index contributed by atoms with van der Waals surface area (Å²) in [5.74, 6) is 0.0705. The molecule has 0 atom stereocenters. The van der Waals surface area contributed by atoms with Crippen molar-refractivity contribution >= 4 is 11.6 Å². The smallest absolute Gasteiger partial charge is 0.258 e. The first-order chi connectivity index (χ1) is 11.6.